The summed E-state index contributed by atoms with van der Waals surface area (Å²) in [6.07, 6.45) is 0.675. The first kappa shape index (κ1) is 12.3. The molecule has 0 aliphatic carbocycles. The third-order valence-electron chi connectivity index (χ3n) is 3.45. The minimum atomic E-state index is -0.390. The first-order valence-electron chi connectivity index (χ1n) is 6.17. The number of imide groups is 1. The predicted octanol–water partition coefficient (Wildman–Crippen LogP) is 2.61. The van der Waals surface area contributed by atoms with E-state index in [0.717, 1.165) is 10.5 Å². The summed E-state index contributed by atoms with van der Waals surface area (Å²) < 4.78 is 0. The average molecular weight is 265 g/mol. The van der Waals surface area contributed by atoms with Crippen LogP contribution in [-0.4, -0.2) is 18.1 Å². The quantitative estimate of drug-likeness (QED) is 0.619. The average Bonchev–Trinajstić information content (AvgIpc) is 2.71. The van der Waals surface area contributed by atoms with Crippen LogP contribution >= 0.6 is 0 Å². The van der Waals surface area contributed by atoms with E-state index in [2.05, 4.69) is 0 Å². The minimum absolute atomic E-state index is 0.339. The zero-order chi connectivity index (χ0) is 14.3. The highest BCUT2D eigenvalue weighted by molar-refractivity contribution is 6.35. The number of benzene rings is 2. The van der Waals surface area contributed by atoms with E-state index in [1.54, 1.807) is 49.4 Å². The van der Waals surface area contributed by atoms with Crippen LogP contribution in [0.2, 0.25) is 0 Å². The van der Waals surface area contributed by atoms with Crippen molar-refractivity contribution in [1.29, 1.82) is 0 Å². The van der Waals surface area contributed by atoms with E-state index in [1.165, 1.54) is 0 Å². The highest BCUT2D eigenvalue weighted by Gasteiger charge is 2.37. The van der Waals surface area contributed by atoms with Crippen LogP contribution in [0.15, 0.2) is 42.5 Å². The van der Waals surface area contributed by atoms with Gasteiger partial charge in [-0.15, -0.1) is 0 Å². The Balaban J connectivity index is 2.19. The number of nitrogens with zero attached hydrogens (tertiary/aromatic N) is 1. The van der Waals surface area contributed by atoms with Crippen molar-refractivity contribution >= 4 is 23.8 Å². The lowest BCUT2D eigenvalue weighted by atomic mass is 10.1. The Kier molecular flexibility index (Phi) is 2.71. The van der Waals surface area contributed by atoms with Gasteiger partial charge >= 0.3 is 0 Å². The van der Waals surface area contributed by atoms with Crippen molar-refractivity contribution in [2.45, 2.75) is 6.92 Å². The second-order valence-electron chi connectivity index (χ2n) is 4.62. The zero-order valence-corrected chi connectivity index (χ0v) is 10.8. The van der Waals surface area contributed by atoms with Gasteiger partial charge < -0.3 is 0 Å². The van der Waals surface area contributed by atoms with Crippen LogP contribution in [-0.2, 0) is 0 Å². The molecule has 2 aromatic rings. The maximum absolute atomic E-state index is 12.4. The Morgan fingerprint density at radius 2 is 1.50 bits per heavy atom. The fourth-order valence-electron chi connectivity index (χ4n) is 2.42. The van der Waals surface area contributed by atoms with Crippen molar-refractivity contribution in [2.24, 2.45) is 0 Å². The van der Waals surface area contributed by atoms with Gasteiger partial charge in [-0.2, -0.15) is 0 Å². The number of hydrogen-bond acceptors (Lipinski definition) is 3. The Hall–Kier alpha value is -2.75. The van der Waals surface area contributed by atoms with Gasteiger partial charge in [-0.05, 0) is 30.7 Å². The Labute approximate surface area is 115 Å². The van der Waals surface area contributed by atoms with Crippen LogP contribution in [0.4, 0.5) is 5.69 Å². The van der Waals surface area contributed by atoms with E-state index in [9.17, 15) is 14.4 Å². The molecule has 1 heterocycles. The van der Waals surface area contributed by atoms with Crippen LogP contribution in [0.1, 0.15) is 36.6 Å². The van der Waals surface area contributed by atoms with Crippen LogP contribution in [0.25, 0.3) is 0 Å². The third-order valence-corrected chi connectivity index (χ3v) is 3.45. The lowest BCUT2D eigenvalue weighted by molar-refractivity contribution is 0.0926. The molecule has 4 nitrogen and oxygen atoms in total. The molecule has 0 bridgehead atoms. The number of amides is 2. The first-order chi connectivity index (χ1) is 9.65. The van der Waals surface area contributed by atoms with Crippen molar-refractivity contribution in [3.63, 3.8) is 0 Å². The summed E-state index contributed by atoms with van der Waals surface area (Å²) >= 11 is 0. The molecular formula is C16H11NO3. The standard InChI is InChI=1S/C16H11NO3/c1-10-5-4-8-14(13(10)9-18)17-15(19)11-6-2-3-7-12(11)16(17)20/h2-9H,1H3. The largest absolute Gasteiger partial charge is 0.298 e. The molecule has 0 aromatic heterocycles. The molecule has 0 saturated carbocycles. The maximum atomic E-state index is 12.4. The Morgan fingerprint density at radius 1 is 0.900 bits per heavy atom. The molecule has 98 valence electrons. The summed E-state index contributed by atoms with van der Waals surface area (Å²) in [5.41, 5.74) is 2.17. The molecule has 2 aromatic carbocycles. The summed E-state index contributed by atoms with van der Waals surface area (Å²) in [4.78, 5) is 37.1. The molecule has 0 unspecified atom stereocenters. The molecule has 1 aliphatic heterocycles. The highest BCUT2D eigenvalue weighted by Crippen LogP contribution is 2.31. The summed E-state index contributed by atoms with van der Waals surface area (Å²) in [5.74, 6) is -0.779. The van der Waals surface area contributed by atoms with E-state index in [1.807, 2.05) is 0 Å². The zero-order valence-electron chi connectivity index (χ0n) is 10.8. The van der Waals surface area contributed by atoms with E-state index in [-0.39, 0.29) is 11.8 Å². The number of rotatable bonds is 2. The number of fused-ring (bicyclic) bond motifs is 1. The van der Waals surface area contributed by atoms with Crippen molar-refractivity contribution in [3.05, 3.63) is 64.7 Å². The molecule has 3 rings (SSSR count). The third kappa shape index (κ3) is 1.58. The van der Waals surface area contributed by atoms with Crippen molar-refractivity contribution in [2.75, 3.05) is 4.90 Å². The molecule has 0 saturated heterocycles. The lowest BCUT2D eigenvalue weighted by Crippen LogP contribution is -2.30. The van der Waals surface area contributed by atoms with E-state index in [4.69, 9.17) is 0 Å². The number of anilines is 1. The van der Waals surface area contributed by atoms with Gasteiger partial charge in [0.05, 0.1) is 16.8 Å². The van der Waals surface area contributed by atoms with Gasteiger partial charge in [-0.25, -0.2) is 4.90 Å². The molecular weight excluding hydrogens is 254 g/mol. The van der Waals surface area contributed by atoms with Crippen LogP contribution < -0.4 is 4.90 Å². The van der Waals surface area contributed by atoms with Crippen molar-refractivity contribution < 1.29 is 14.4 Å². The summed E-state index contributed by atoms with van der Waals surface area (Å²) in [6, 6.07) is 11.8. The van der Waals surface area contributed by atoms with Crippen molar-refractivity contribution in [3.8, 4) is 0 Å². The van der Waals surface area contributed by atoms with Crippen LogP contribution in [0.3, 0.4) is 0 Å². The topological polar surface area (TPSA) is 54.5 Å². The molecule has 0 radical (unpaired) electrons. The van der Waals surface area contributed by atoms with Gasteiger partial charge in [0.15, 0.2) is 6.29 Å². The van der Waals surface area contributed by atoms with Gasteiger partial charge in [0.1, 0.15) is 0 Å². The number of carbonyl (C=O) groups is 3. The second-order valence-corrected chi connectivity index (χ2v) is 4.62. The summed E-state index contributed by atoms with van der Waals surface area (Å²) in [6.45, 7) is 1.77. The van der Waals surface area contributed by atoms with Gasteiger partial charge in [0, 0.05) is 5.56 Å². The number of hydrogen-bond donors (Lipinski definition) is 0. The molecule has 0 N–H and O–H groups in total. The van der Waals surface area contributed by atoms with Crippen LogP contribution in [0, 0.1) is 6.92 Å². The predicted molar refractivity (Wildman–Crippen MR) is 74.1 cm³/mol. The summed E-state index contributed by atoms with van der Waals surface area (Å²) in [7, 11) is 0. The Bertz CT molecular complexity index is 714. The first-order valence-corrected chi connectivity index (χ1v) is 6.17. The normalized spacial score (nSPS) is 13.6. The SMILES string of the molecule is Cc1cccc(N2C(=O)c3ccccc3C2=O)c1C=O. The summed E-state index contributed by atoms with van der Waals surface area (Å²) in [5, 5.41) is 0. The molecule has 0 atom stereocenters. The maximum Gasteiger partial charge on any atom is 0.266 e. The fraction of sp³-hybridized carbons (Fsp3) is 0.0625. The van der Waals surface area contributed by atoms with Gasteiger partial charge in [-0.1, -0.05) is 24.3 Å². The van der Waals surface area contributed by atoms with Gasteiger partial charge in [0.25, 0.3) is 11.8 Å². The number of carbonyl (C=O) groups excluding carboxylic acids is 3. The molecule has 0 spiro atoms. The number of aryl methyl sites for hydroxylation is 1. The van der Waals surface area contributed by atoms with E-state index >= 15 is 0 Å². The Morgan fingerprint density at radius 3 is 2.05 bits per heavy atom. The van der Waals surface area contributed by atoms with E-state index in [0.29, 0.717) is 28.7 Å². The number of aldehydes is 1. The van der Waals surface area contributed by atoms with E-state index < -0.39 is 0 Å². The van der Waals surface area contributed by atoms with Crippen molar-refractivity contribution in [1.82, 2.24) is 0 Å². The van der Waals surface area contributed by atoms with Gasteiger partial charge in [0.2, 0.25) is 0 Å². The second kappa shape index (κ2) is 4.42. The van der Waals surface area contributed by atoms with Crippen LogP contribution in [0.5, 0.6) is 0 Å². The minimum Gasteiger partial charge on any atom is -0.298 e. The molecule has 1 aliphatic rings. The fourth-order valence-corrected chi connectivity index (χ4v) is 2.42. The smallest absolute Gasteiger partial charge is 0.266 e. The molecule has 2 amide bonds. The molecule has 4 heteroatoms. The monoisotopic (exact) mass is 265 g/mol. The van der Waals surface area contributed by atoms with Gasteiger partial charge in [-0.3, -0.25) is 14.4 Å². The highest BCUT2D eigenvalue weighted by atomic mass is 16.2. The lowest BCUT2D eigenvalue weighted by Gasteiger charge is -2.17. The molecule has 20 heavy (non-hydrogen) atoms. The molecule has 0 fully saturated rings.